The van der Waals surface area contributed by atoms with Crippen molar-refractivity contribution in [1.29, 1.82) is 0 Å². The van der Waals surface area contributed by atoms with Crippen LogP contribution in [0.2, 0.25) is 5.02 Å². The van der Waals surface area contributed by atoms with E-state index in [2.05, 4.69) is 9.62 Å². The summed E-state index contributed by atoms with van der Waals surface area (Å²) in [5, 5.41) is 0.703. The number of nitrogens with zero attached hydrogens (tertiary/aromatic N) is 1. The second-order valence-electron chi connectivity index (χ2n) is 4.68. The van der Waals surface area contributed by atoms with Crippen molar-refractivity contribution in [2.45, 2.75) is 11.4 Å². The highest BCUT2D eigenvalue weighted by molar-refractivity contribution is 7.89. The van der Waals surface area contributed by atoms with Crippen LogP contribution in [-0.2, 0) is 16.6 Å². The predicted molar refractivity (Wildman–Crippen MR) is 86.2 cm³/mol. The minimum Gasteiger partial charge on any atom is -0.370 e. The standard InChI is InChI=1S/C15H17ClN2O2S/c1-17-21(19,20)15-9-3-12(4-10-15)11-18(2)14-7-5-13(16)6-8-14/h3-10,17H,11H2,1-2H3. The fourth-order valence-electron chi connectivity index (χ4n) is 1.95. The van der Waals surface area contributed by atoms with Crippen LogP contribution in [0.1, 0.15) is 5.56 Å². The molecule has 0 unspecified atom stereocenters. The topological polar surface area (TPSA) is 49.4 Å². The first kappa shape index (κ1) is 15.8. The van der Waals surface area contributed by atoms with Gasteiger partial charge in [0.15, 0.2) is 0 Å². The van der Waals surface area contributed by atoms with Crippen molar-refractivity contribution in [3.8, 4) is 0 Å². The lowest BCUT2D eigenvalue weighted by Gasteiger charge is -2.19. The van der Waals surface area contributed by atoms with E-state index in [1.54, 1.807) is 12.1 Å². The van der Waals surface area contributed by atoms with E-state index in [1.165, 1.54) is 7.05 Å². The molecule has 0 saturated carbocycles. The number of benzene rings is 2. The van der Waals surface area contributed by atoms with Gasteiger partial charge in [-0.3, -0.25) is 0 Å². The number of nitrogens with one attached hydrogen (secondary N) is 1. The average Bonchev–Trinajstić information content (AvgIpc) is 2.48. The Balaban J connectivity index is 2.11. The van der Waals surface area contributed by atoms with E-state index in [1.807, 2.05) is 43.4 Å². The molecule has 0 aliphatic heterocycles. The summed E-state index contributed by atoms with van der Waals surface area (Å²) in [6.45, 7) is 0.682. The normalized spacial score (nSPS) is 11.4. The molecule has 0 amide bonds. The van der Waals surface area contributed by atoms with Gasteiger partial charge in [0, 0.05) is 24.3 Å². The Kier molecular flexibility index (Phi) is 4.88. The van der Waals surface area contributed by atoms with Gasteiger partial charge in [-0.05, 0) is 49.0 Å². The van der Waals surface area contributed by atoms with Crippen molar-refractivity contribution in [1.82, 2.24) is 4.72 Å². The Morgan fingerprint density at radius 1 is 1.05 bits per heavy atom. The number of sulfonamides is 1. The molecule has 0 bridgehead atoms. The highest BCUT2D eigenvalue weighted by Crippen LogP contribution is 2.19. The Morgan fingerprint density at radius 3 is 2.14 bits per heavy atom. The van der Waals surface area contributed by atoms with Crippen molar-refractivity contribution >= 4 is 27.3 Å². The average molecular weight is 325 g/mol. The van der Waals surface area contributed by atoms with Gasteiger partial charge in [-0.2, -0.15) is 0 Å². The van der Waals surface area contributed by atoms with Gasteiger partial charge in [0.25, 0.3) is 0 Å². The van der Waals surface area contributed by atoms with Gasteiger partial charge in [0.1, 0.15) is 0 Å². The van der Waals surface area contributed by atoms with Gasteiger partial charge in [0.05, 0.1) is 4.90 Å². The first-order chi connectivity index (χ1) is 9.92. The molecule has 0 aliphatic carbocycles. The van der Waals surface area contributed by atoms with Crippen molar-refractivity contribution in [3.63, 3.8) is 0 Å². The summed E-state index contributed by atoms with van der Waals surface area (Å²) in [6.07, 6.45) is 0. The minimum atomic E-state index is -3.38. The lowest BCUT2D eigenvalue weighted by Crippen LogP contribution is -2.19. The first-order valence-corrected chi connectivity index (χ1v) is 8.28. The Labute approximate surface area is 130 Å². The monoisotopic (exact) mass is 324 g/mol. The van der Waals surface area contributed by atoms with E-state index in [-0.39, 0.29) is 4.90 Å². The molecule has 2 aromatic rings. The molecule has 21 heavy (non-hydrogen) atoms. The fourth-order valence-corrected chi connectivity index (χ4v) is 2.81. The van der Waals surface area contributed by atoms with Gasteiger partial charge in [-0.25, -0.2) is 13.1 Å². The smallest absolute Gasteiger partial charge is 0.240 e. The second-order valence-corrected chi connectivity index (χ2v) is 7.01. The summed E-state index contributed by atoms with van der Waals surface area (Å²) in [4.78, 5) is 2.33. The summed E-state index contributed by atoms with van der Waals surface area (Å²) in [5.74, 6) is 0. The SMILES string of the molecule is CNS(=O)(=O)c1ccc(CN(C)c2ccc(Cl)cc2)cc1. The lowest BCUT2D eigenvalue weighted by atomic mass is 10.2. The van der Waals surface area contributed by atoms with E-state index in [4.69, 9.17) is 11.6 Å². The van der Waals surface area contributed by atoms with Crippen LogP contribution in [0.4, 0.5) is 5.69 Å². The van der Waals surface area contributed by atoms with E-state index >= 15 is 0 Å². The molecule has 1 N–H and O–H groups in total. The molecule has 0 radical (unpaired) electrons. The molecule has 2 rings (SSSR count). The molecule has 112 valence electrons. The highest BCUT2D eigenvalue weighted by atomic mass is 35.5. The zero-order valence-corrected chi connectivity index (χ0v) is 13.4. The molecule has 4 nitrogen and oxygen atoms in total. The quantitative estimate of drug-likeness (QED) is 0.920. The number of rotatable bonds is 5. The number of hydrogen-bond donors (Lipinski definition) is 1. The van der Waals surface area contributed by atoms with Crippen molar-refractivity contribution < 1.29 is 8.42 Å². The summed E-state index contributed by atoms with van der Waals surface area (Å²) >= 11 is 5.87. The first-order valence-electron chi connectivity index (χ1n) is 6.41. The van der Waals surface area contributed by atoms with Crippen LogP contribution in [0, 0.1) is 0 Å². The van der Waals surface area contributed by atoms with Crippen LogP contribution >= 0.6 is 11.6 Å². The number of hydrogen-bond acceptors (Lipinski definition) is 3. The third-order valence-electron chi connectivity index (χ3n) is 3.19. The number of halogens is 1. The fraction of sp³-hybridized carbons (Fsp3) is 0.200. The summed E-state index contributed by atoms with van der Waals surface area (Å²) in [6, 6.07) is 14.4. The molecular weight excluding hydrogens is 308 g/mol. The second kappa shape index (κ2) is 6.47. The zero-order chi connectivity index (χ0) is 15.5. The minimum absolute atomic E-state index is 0.267. The van der Waals surface area contributed by atoms with Gasteiger partial charge in [-0.15, -0.1) is 0 Å². The Hall–Kier alpha value is -1.56. The maximum Gasteiger partial charge on any atom is 0.240 e. The van der Waals surface area contributed by atoms with Crippen LogP contribution in [0.15, 0.2) is 53.4 Å². The van der Waals surface area contributed by atoms with Gasteiger partial charge < -0.3 is 4.90 Å². The highest BCUT2D eigenvalue weighted by Gasteiger charge is 2.10. The van der Waals surface area contributed by atoms with Gasteiger partial charge in [-0.1, -0.05) is 23.7 Å². The Morgan fingerprint density at radius 2 is 1.62 bits per heavy atom. The molecule has 2 aromatic carbocycles. The van der Waals surface area contributed by atoms with Crippen LogP contribution < -0.4 is 9.62 Å². The van der Waals surface area contributed by atoms with E-state index in [0.717, 1.165) is 11.3 Å². The summed E-state index contributed by atoms with van der Waals surface area (Å²) in [5.41, 5.74) is 2.08. The maximum atomic E-state index is 11.7. The van der Waals surface area contributed by atoms with E-state index in [9.17, 15) is 8.42 Å². The molecule has 0 atom stereocenters. The molecule has 0 aromatic heterocycles. The van der Waals surface area contributed by atoms with E-state index < -0.39 is 10.0 Å². The van der Waals surface area contributed by atoms with Crippen molar-refractivity contribution in [2.24, 2.45) is 0 Å². The lowest BCUT2D eigenvalue weighted by molar-refractivity contribution is 0.588. The van der Waals surface area contributed by atoms with Crippen molar-refractivity contribution in [2.75, 3.05) is 19.0 Å². The number of anilines is 1. The third-order valence-corrected chi connectivity index (χ3v) is 4.87. The maximum absolute atomic E-state index is 11.7. The van der Waals surface area contributed by atoms with Crippen LogP contribution in [0.3, 0.4) is 0 Å². The molecular formula is C15H17ClN2O2S. The molecule has 0 fully saturated rings. The largest absolute Gasteiger partial charge is 0.370 e. The van der Waals surface area contributed by atoms with Crippen LogP contribution in [0.25, 0.3) is 0 Å². The third kappa shape index (κ3) is 3.97. The molecule has 0 heterocycles. The molecule has 6 heteroatoms. The summed E-state index contributed by atoms with van der Waals surface area (Å²) < 4.78 is 25.6. The molecule has 0 aliphatic rings. The van der Waals surface area contributed by atoms with E-state index in [0.29, 0.717) is 11.6 Å². The molecule has 0 spiro atoms. The van der Waals surface area contributed by atoms with Gasteiger partial charge >= 0.3 is 0 Å². The molecule has 0 saturated heterocycles. The van der Waals surface area contributed by atoms with Crippen LogP contribution in [-0.4, -0.2) is 22.5 Å². The van der Waals surface area contributed by atoms with Gasteiger partial charge in [0.2, 0.25) is 10.0 Å². The summed E-state index contributed by atoms with van der Waals surface area (Å²) in [7, 11) is -0.00456. The van der Waals surface area contributed by atoms with Crippen LogP contribution in [0.5, 0.6) is 0 Å². The zero-order valence-electron chi connectivity index (χ0n) is 11.9. The predicted octanol–water partition coefficient (Wildman–Crippen LogP) is 2.88. The Bertz CT molecular complexity index is 697. The van der Waals surface area contributed by atoms with Crippen molar-refractivity contribution in [3.05, 3.63) is 59.1 Å².